The zero-order valence-corrected chi connectivity index (χ0v) is 49.9. The standard InChI is InChI=1S/C66H115N2O6P/c1-6-8-10-12-14-16-18-20-22-24-26-28-29-30-31-32-33-34-35-36-37-38-39-40-42-44-46-48-50-52-54-56-58-60-66(70)67-64(63-74-75(71,72)73-62-61-68(3,4)5)65(69)59-57-55-53-51-49-47-45-43-41-27-25-23-21-19-17-15-13-11-9-7-2/h8,10,14,16,20,22,26,28,30-31,33-34,36-37,41,43,49,51,57,59,64-65,69H,6-7,9,11-13,15,17-19,21,23-25,27,29,32,35,38-40,42,44-48,50,52-56,58,60-63H2,1-5H3,(H-,67,70,71,72)/p+1/b10-8-,16-14-,22-20-,28-26-,31-30-,34-33-,37-36-,43-41+,51-49+,59-57+. The van der Waals surface area contributed by atoms with E-state index in [1.807, 2.05) is 27.2 Å². The van der Waals surface area contributed by atoms with E-state index in [1.165, 1.54) is 128 Å². The number of aliphatic hydroxyl groups excluding tert-OH is 1. The van der Waals surface area contributed by atoms with Crippen LogP contribution in [0, 0.1) is 0 Å². The second-order valence-electron chi connectivity index (χ2n) is 21.3. The Bertz CT molecular complexity index is 1630. The average molecular weight is 1060 g/mol. The third-order valence-electron chi connectivity index (χ3n) is 12.9. The first kappa shape index (κ1) is 71.9. The molecule has 0 saturated carbocycles. The molecule has 8 nitrogen and oxygen atoms in total. The van der Waals surface area contributed by atoms with E-state index in [0.717, 1.165) is 89.9 Å². The molecule has 0 heterocycles. The fourth-order valence-corrected chi connectivity index (χ4v) is 8.91. The van der Waals surface area contributed by atoms with Gasteiger partial charge in [0.1, 0.15) is 13.2 Å². The van der Waals surface area contributed by atoms with Crippen molar-refractivity contribution in [3.8, 4) is 0 Å². The van der Waals surface area contributed by atoms with Crippen molar-refractivity contribution in [2.24, 2.45) is 0 Å². The molecular formula is C66H116N2O6P+. The Morgan fingerprint density at radius 3 is 1.23 bits per heavy atom. The van der Waals surface area contributed by atoms with E-state index in [4.69, 9.17) is 9.05 Å². The van der Waals surface area contributed by atoms with Crippen LogP contribution in [-0.4, -0.2) is 73.4 Å². The van der Waals surface area contributed by atoms with Crippen molar-refractivity contribution in [3.63, 3.8) is 0 Å². The summed E-state index contributed by atoms with van der Waals surface area (Å²) in [4.78, 5) is 23.3. The second kappa shape index (κ2) is 55.6. The summed E-state index contributed by atoms with van der Waals surface area (Å²) in [6.07, 6.45) is 83.1. The predicted molar refractivity (Wildman–Crippen MR) is 327 cm³/mol. The number of nitrogens with one attached hydrogen (secondary N) is 1. The molecule has 0 fully saturated rings. The van der Waals surface area contributed by atoms with Gasteiger partial charge in [0.05, 0.1) is 39.9 Å². The zero-order chi connectivity index (χ0) is 54.9. The summed E-state index contributed by atoms with van der Waals surface area (Å²) < 4.78 is 23.7. The summed E-state index contributed by atoms with van der Waals surface area (Å²) in [5.41, 5.74) is 0. The number of rotatable bonds is 54. The van der Waals surface area contributed by atoms with E-state index in [1.54, 1.807) is 6.08 Å². The van der Waals surface area contributed by atoms with Crippen LogP contribution in [0.3, 0.4) is 0 Å². The van der Waals surface area contributed by atoms with Gasteiger partial charge < -0.3 is 19.8 Å². The highest BCUT2D eigenvalue weighted by Gasteiger charge is 2.27. The average Bonchev–Trinajstić information content (AvgIpc) is 3.37. The Kier molecular flexibility index (Phi) is 53.3. The number of phosphoric acid groups is 1. The van der Waals surface area contributed by atoms with Crippen LogP contribution >= 0.6 is 7.82 Å². The van der Waals surface area contributed by atoms with Crippen molar-refractivity contribution in [1.29, 1.82) is 0 Å². The highest BCUT2D eigenvalue weighted by Crippen LogP contribution is 2.43. The first-order chi connectivity index (χ1) is 36.5. The predicted octanol–water partition coefficient (Wildman–Crippen LogP) is 18.9. The van der Waals surface area contributed by atoms with Gasteiger partial charge >= 0.3 is 7.82 Å². The Hall–Kier alpha value is -3.10. The van der Waals surface area contributed by atoms with Gasteiger partial charge in [-0.15, -0.1) is 0 Å². The van der Waals surface area contributed by atoms with Crippen molar-refractivity contribution >= 4 is 13.7 Å². The minimum atomic E-state index is -4.37. The lowest BCUT2D eigenvalue weighted by Crippen LogP contribution is -2.45. The summed E-state index contributed by atoms with van der Waals surface area (Å²) >= 11 is 0. The SMILES string of the molecule is CC/C=C\C/C=C\C/C=C\C/C=C\C/C=C\C/C=C\C/C=C\CCCCCCCCCCCCCC(=O)NC(COP(=O)(O)OCC[N+](C)(C)C)C(O)/C=C/CC/C=C/CC/C=C/CCCCCCCCCCCC. The topological polar surface area (TPSA) is 105 Å². The number of carbonyl (C=O) groups is 1. The Morgan fingerprint density at radius 1 is 0.467 bits per heavy atom. The van der Waals surface area contributed by atoms with E-state index >= 15 is 0 Å². The molecule has 0 aromatic heterocycles. The van der Waals surface area contributed by atoms with Crippen molar-refractivity contribution in [2.75, 3.05) is 40.9 Å². The number of allylic oxidation sites excluding steroid dienone is 19. The number of aliphatic hydroxyl groups is 1. The maximum Gasteiger partial charge on any atom is 0.472 e. The van der Waals surface area contributed by atoms with Gasteiger partial charge in [-0.2, -0.15) is 0 Å². The van der Waals surface area contributed by atoms with Crippen LogP contribution in [0.2, 0.25) is 0 Å². The molecule has 0 aromatic rings. The molecule has 0 rings (SSSR count). The maximum absolute atomic E-state index is 13.0. The third-order valence-corrected chi connectivity index (χ3v) is 13.9. The number of nitrogens with zero attached hydrogens (tertiary/aromatic N) is 1. The lowest BCUT2D eigenvalue weighted by atomic mass is 10.0. The third kappa shape index (κ3) is 58.4. The molecule has 0 spiro atoms. The lowest BCUT2D eigenvalue weighted by molar-refractivity contribution is -0.870. The van der Waals surface area contributed by atoms with Crippen molar-refractivity contribution in [3.05, 3.63) is 122 Å². The highest BCUT2D eigenvalue weighted by molar-refractivity contribution is 7.47. The van der Waals surface area contributed by atoms with Crippen LogP contribution < -0.4 is 5.32 Å². The number of hydrogen-bond acceptors (Lipinski definition) is 5. The smallest absolute Gasteiger partial charge is 0.387 e. The molecule has 3 N–H and O–H groups in total. The first-order valence-corrected chi connectivity index (χ1v) is 31.9. The van der Waals surface area contributed by atoms with Crippen LogP contribution in [0.1, 0.15) is 239 Å². The molecule has 0 aromatic carbocycles. The van der Waals surface area contributed by atoms with Gasteiger partial charge in [0.25, 0.3) is 0 Å². The first-order valence-electron chi connectivity index (χ1n) is 30.4. The molecule has 3 atom stereocenters. The monoisotopic (exact) mass is 1060 g/mol. The van der Waals surface area contributed by atoms with Crippen LogP contribution in [0.15, 0.2) is 122 Å². The molecule has 1 amide bonds. The number of carbonyl (C=O) groups excluding carboxylic acids is 1. The fourth-order valence-electron chi connectivity index (χ4n) is 8.17. The molecule has 9 heteroatoms. The Morgan fingerprint density at radius 2 is 0.813 bits per heavy atom. The van der Waals surface area contributed by atoms with Crippen molar-refractivity contribution in [2.45, 2.75) is 251 Å². The lowest BCUT2D eigenvalue weighted by Gasteiger charge is -2.25. The molecule has 0 radical (unpaired) electrons. The molecule has 430 valence electrons. The fraction of sp³-hybridized carbons (Fsp3) is 0.682. The molecular weight excluding hydrogens is 948 g/mol. The summed E-state index contributed by atoms with van der Waals surface area (Å²) in [6, 6.07) is -0.880. The maximum atomic E-state index is 13.0. The van der Waals surface area contributed by atoms with Gasteiger partial charge in [-0.3, -0.25) is 13.8 Å². The van der Waals surface area contributed by atoms with E-state index in [0.29, 0.717) is 17.4 Å². The molecule has 0 aliphatic heterocycles. The van der Waals surface area contributed by atoms with Crippen LogP contribution in [0.5, 0.6) is 0 Å². The normalized spacial score (nSPS) is 14.7. The quantitative estimate of drug-likeness (QED) is 0.0243. The molecule has 0 aliphatic rings. The number of hydrogen-bond donors (Lipinski definition) is 3. The van der Waals surface area contributed by atoms with E-state index < -0.39 is 20.0 Å². The van der Waals surface area contributed by atoms with Gasteiger partial charge in [-0.25, -0.2) is 4.57 Å². The highest BCUT2D eigenvalue weighted by atomic mass is 31.2. The largest absolute Gasteiger partial charge is 0.472 e. The summed E-state index contributed by atoms with van der Waals surface area (Å²) in [5.74, 6) is -0.198. The molecule has 0 bridgehead atoms. The molecule has 0 aliphatic carbocycles. The van der Waals surface area contributed by atoms with E-state index in [9.17, 15) is 19.4 Å². The molecule has 0 saturated heterocycles. The van der Waals surface area contributed by atoms with E-state index in [2.05, 4.69) is 129 Å². The molecule has 75 heavy (non-hydrogen) atoms. The van der Waals surface area contributed by atoms with Crippen LogP contribution in [0.25, 0.3) is 0 Å². The van der Waals surface area contributed by atoms with Crippen LogP contribution in [-0.2, 0) is 18.4 Å². The van der Waals surface area contributed by atoms with Gasteiger partial charge in [-0.1, -0.05) is 251 Å². The van der Waals surface area contributed by atoms with E-state index in [-0.39, 0.29) is 19.1 Å². The number of phosphoric ester groups is 1. The van der Waals surface area contributed by atoms with Gasteiger partial charge in [0.15, 0.2) is 0 Å². The van der Waals surface area contributed by atoms with Crippen molar-refractivity contribution < 1.29 is 32.9 Å². The van der Waals surface area contributed by atoms with Crippen LogP contribution in [0.4, 0.5) is 0 Å². The minimum absolute atomic E-state index is 0.0473. The summed E-state index contributed by atoms with van der Waals surface area (Å²) in [6.45, 7) is 4.67. The number of amides is 1. The van der Waals surface area contributed by atoms with Gasteiger partial charge in [0.2, 0.25) is 5.91 Å². The van der Waals surface area contributed by atoms with Gasteiger partial charge in [0, 0.05) is 6.42 Å². The minimum Gasteiger partial charge on any atom is -0.387 e. The number of unbranched alkanes of at least 4 members (excludes halogenated alkanes) is 23. The Balaban J connectivity index is 4.24. The summed E-state index contributed by atoms with van der Waals surface area (Å²) in [7, 11) is 1.53. The number of quaternary nitrogens is 1. The van der Waals surface area contributed by atoms with Gasteiger partial charge in [-0.05, 0) is 103 Å². The Labute approximate surface area is 463 Å². The molecule has 3 unspecified atom stereocenters. The second-order valence-corrected chi connectivity index (χ2v) is 22.8. The summed E-state index contributed by atoms with van der Waals surface area (Å²) in [5, 5.41) is 13.9. The van der Waals surface area contributed by atoms with Crippen molar-refractivity contribution in [1.82, 2.24) is 5.32 Å². The zero-order valence-electron chi connectivity index (χ0n) is 49.0. The number of likely N-dealkylation sites (N-methyl/N-ethyl adjacent to an activating group) is 1.